The molecule has 102 valence electrons. The third-order valence-corrected chi connectivity index (χ3v) is 4.12. The second-order valence-corrected chi connectivity index (χ2v) is 5.98. The Bertz CT molecular complexity index is 326. The lowest BCUT2D eigenvalue weighted by molar-refractivity contribution is -0.137. The van der Waals surface area contributed by atoms with Gasteiger partial charge in [0, 0.05) is 19.7 Å². The van der Waals surface area contributed by atoms with Gasteiger partial charge < -0.3 is 20.1 Å². The molecule has 2 N–H and O–H groups in total. The van der Waals surface area contributed by atoms with Crippen molar-refractivity contribution in [1.82, 2.24) is 10.6 Å². The van der Waals surface area contributed by atoms with Crippen molar-refractivity contribution in [3.8, 4) is 0 Å². The number of hydrogen-bond acceptors (Lipinski definition) is 4. The minimum Gasteiger partial charge on any atom is -0.376 e. The Kier molecular flexibility index (Phi) is 3.30. The number of hydrogen-bond donors (Lipinski definition) is 2. The van der Waals surface area contributed by atoms with Crippen LogP contribution in [-0.4, -0.2) is 50.0 Å². The Hall–Kier alpha value is -0.650. The van der Waals surface area contributed by atoms with Gasteiger partial charge in [0.15, 0.2) is 0 Å². The molecule has 0 bridgehead atoms. The number of amides is 1. The lowest BCUT2D eigenvalue weighted by Crippen LogP contribution is -2.60. The molecule has 0 aromatic carbocycles. The van der Waals surface area contributed by atoms with Crippen molar-refractivity contribution in [3.05, 3.63) is 0 Å². The van der Waals surface area contributed by atoms with E-state index in [0.717, 1.165) is 26.1 Å². The molecule has 1 saturated carbocycles. The first kappa shape index (κ1) is 12.4. The second kappa shape index (κ2) is 4.79. The van der Waals surface area contributed by atoms with Crippen LogP contribution in [0.4, 0.5) is 0 Å². The van der Waals surface area contributed by atoms with Crippen LogP contribution in [0, 0.1) is 5.92 Å². The number of carbonyl (C=O) groups excluding carboxylic acids is 1. The smallest absolute Gasteiger partial charge is 0.246 e. The number of carbonyl (C=O) groups is 1. The van der Waals surface area contributed by atoms with E-state index < -0.39 is 0 Å². The normalized spacial score (nSPS) is 34.1. The van der Waals surface area contributed by atoms with Crippen molar-refractivity contribution in [2.75, 3.05) is 26.3 Å². The Labute approximate surface area is 108 Å². The van der Waals surface area contributed by atoms with Crippen LogP contribution in [-0.2, 0) is 14.3 Å². The molecule has 5 nitrogen and oxygen atoms in total. The summed E-state index contributed by atoms with van der Waals surface area (Å²) in [7, 11) is 0. The molecule has 1 aliphatic carbocycles. The van der Waals surface area contributed by atoms with E-state index in [2.05, 4.69) is 10.6 Å². The maximum Gasteiger partial charge on any atom is 0.246 e. The molecule has 3 rings (SSSR count). The van der Waals surface area contributed by atoms with E-state index in [1.54, 1.807) is 0 Å². The van der Waals surface area contributed by atoms with Gasteiger partial charge in [0.2, 0.25) is 5.91 Å². The zero-order chi connectivity index (χ0) is 12.6. The van der Waals surface area contributed by atoms with Crippen LogP contribution in [0.2, 0.25) is 0 Å². The van der Waals surface area contributed by atoms with Gasteiger partial charge in [-0.25, -0.2) is 0 Å². The average molecular weight is 254 g/mol. The SMILES string of the molecule is CC1(OCC(=O)NC2CCOC2C2CC2)CNC1. The van der Waals surface area contributed by atoms with Gasteiger partial charge in [-0.05, 0) is 32.1 Å². The monoisotopic (exact) mass is 254 g/mol. The van der Waals surface area contributed by atoms with Gasteiger partial charge in [0.05, 0.1) is 17.7 Å². The number of nitrogens with one attached hydrogen (secondary N) is 2. The van der Waals surface area contributed by atoms with Gasteiger partial charge >= 0.3 is 0 Å². The average Bonchev–Trinajstić information content (AvgIpc) is 3.06. The maximum atomic E-state index is 11.9. The van der Waals surface area contributed by atoms with Gasteiger partial charge in [-0.2, -0.15) is 0 Å². The largest absolute Gasteiger partial charge is 0.376 e. The molecule has 2 heterocycles. The van der Waals surface area contributed by atoms with Crippen molar-refractivity contribution in [3.63, 3.8) is 0 Å². The molecule has 0 aromatic heterocycles. The fourth-order valence-corrected chi connectivity index (χ4v) is 2.72. The van der Waals surface area contributed by atoms with E-state index in [4.69, 9.17) is 9.47 Å². The summed E-state index contributed by atoms with van der Waals surface area (Å²) in [6.07, 6.45) is 3.68. The fourth-order valence-electron chi connectivity index (χ4n) is 2.72. The highest BCUT2D eigenvalue weighted by Gasteiger charge is 2.41. The summed E-state index contributed by atoms with van der Waals surface area (Å²) < 4.78 is 11.3. The molecule has 0 aromatic rings. The molecule has 2 aliphatic heterocycles. The van der Waals surface area contributed by atoms with E-state index in [0.29, 0.717) is 5.92 Å². The molecule has 1 amide bonds. The molecule has 5 heteroatoms. The first-order chi connectivity index (χ1) is 8.66. The summed E-state index contributed by atoms with van der Waals surface area (Å²) in [6.45, 7) is 4.62. The Morgan fingerprint density at radius 1 is 1.44 bits per heavy atom. The standard InChI is InChI=1S/C13H22N2O3/c1-13(7-14-8-13)18-6-11(16)15-10-4-5-17-12(10)9-2-3-9/h9-10,12,14H,2-8H2,1H3,(H,15,16). The van der Waals surface area contributed by atoms with Crippen molar-refractivity contribution in [1.29, 1.82) is 0 Å². The lowest BCUT2D eigenvalue weighted by atomic mass is 10.0. The zero-order valence-corrected chi connectivity index (χ0v) is 10.9. The summed E-state index contributed by atoms with van der Waals surface area (Å²) in [5, 5.41) is 6.21. The summed E-state index contributed by atoms with van der Waals surface area (Å²) >= 11 is 0. The summed E-state index contributed by atoms with van der Waals surface area (Å²) in [6, 6.07) is 0.195. The lowest BCUT2D eigenvalue weighted by Gasteiger charge is -2.38. The molecule has 3 fully saturated rings. The van der Waals surface area contributed by atoms with Crippen molar-refractivity contribution >= 4 is 5.91 Å². The molecule has 0 radical (unpaired) electrons. The fraction of sp³-hybridized carbons (Fsp3) is 0.923. The Balaban J connectivity index is 1.42. The van der Waals surface area contributed by atoms with E-state index in [-0.39, 0.29) is 30.3 Å². The summed E-state index contributed by atoms with van der Waals surface area (Å²) in [5.41, 5.74) is -0.153. The first-order valence-corrected chi connectivity index (χ1v) is 6.92. The Morgan fingerprint density at radius 3 is 2.83 bits per heavy atom. The first-order valence-electron chi connectivity index (χ1n) is 6.92. The van der Waals surface area contributed by atoms with E-state index in [1.165, 1.54) is 12.8 Å². The van der Waals surface area contributed by atoms with Crippen LogP contribution in [0.15, 0.2) is 0 Å². The minimum absolute atomic E-state index is 0.00993. The number of ether oxygens (including phenoxy) is 2. The van der Waals surface area contributed by atoms with Gasteiger partial charge in [-0.15, -0.1) is 0 Å². The highest BCUT2D eigenvalue weighted by molar-refractivity contribution is 5.77. The molecule has 0 spiro atoms. The third kappa shape index (κ3) is 2.68. The molecule has 18 heavy (non-hydrogen) atoms. The molecule has 3 aliphatic rings. The number of rotatable bonds is 5. The van der Waals surface area contributed by atoms with E-state index in [1.807, 2.05) is 6.92 Å². The van der Waals surface area contributed by atoms with Crippen LogP contribution in [0.3, 0.4) is 0 Å². The minimum atomic E-state index is -0.153. The van der Waals surface area contributed by atoms with Gasteiger partial charge in [-0.1, -0.05) is 0 Å². The Morgan fingerprint density at radius 2 is 2.22 bits per heavy atom. The quantitative estimate of drug-likeness (QED) is 0.728. The van der Waals surface area contributed by atoms with Crippen LogP contribution in [0.25, 0.3) is 0 Å². The molecule has 2 saturated heterocycles. The predicted molar refractivity (Wildman–Crippen MR) is 66.2 cm³/mol. The third-order valence-electron chi connectivity index (χ3n) is 4.12. The molecule has 2 atom stereocenters. The summed E-state index contributed by atoms with van der Waals surface area (Å²) in [5.74, 6) is 0.663. The van der Waals surface area contributed by atoms with E-state index in [9.17, 15) is 4.79 Å². The van der Waals surface area contributed by atoms with Gasteiger partial charge in [0.1, 0.15) is 6.61 Å². The highest BCUT2D eigenvalue weighted by atomic mass is 16.5. The van der Waals surface area contributed by atoms with Crippen LogP contribution < -0.4 is 10.6 Å². The van der Waals surface area contributed by atoms with Gasteiger partial charge in [-0.3, -0.25) is 4.79 Å². The predicted octanol–water partition coefficient (Wildman–Crippen LogP) is 0.0486. The molecular formula is C13H22N2O3. The highest BCUT2D eigenvalue weighted by Crippen LogP contribution is 2.38. The van der Waals surface area contributed by atoms with Crippen molar-refractivity contribution < 1.29 is 14.3 Å². The summed E-state index contributed by atoms with van der Waals surface area (Å²) in [4.78, 5) is 11.9. The van der Waals surface area contributed by atoms with Crippen LogP contribution in [0.1, 0.15) is 26.2 Å². The molecular weight excluding hydrogens is 232 g/mol. The van der Waals surface area contributed by atoms with Crippen LogP contribution >= 0.6 is 0 Å². The maximum absolute atomic E-state index is 11.9. The van der Waals surface area contributed by atoms with Crippen LogP contribution in [0.5, 0.6) is 0 Å². The second-order valence-electron chi connectivity index (χ2n) is 5.98. The van der Waals surface area contributed by atoms with Gasteiger partial charge in [0.25, 0.3) is 0 Å². The zero-order valence-electron chi connectivity index (χ0n) is 10.9. The topological polar surface area (TPSA) is 59.6 Å². The van der Waals surface area contributed by atoms with E-state index >= 15 is 0 Å². The van der Waals surface area contributed by atoms with Crippen molar-refractivity contribution in [2.45, 2.75) is 43.9 Å². The van der Waals surface area contributed by atoms with Crippen molar-refractivity contribution in [2.24, 2.45) is 5.92 Å². The molecule has 2 unspecified atom stereocenters.